The Bertz CT molecular complexity index is 572. The quantitative estimate of drug-likeness (QED) is 0.853. The maximum atomic E-state index is 11.1. The molecular weight excluding hydrogens is 248 g/mol. The highest BCUT2D eigenvalue weighted by Crippen LogP contribution is 2.25. The van der Waals surface area contributed by atoms with Crippen LogP contribution in [0.2, 0.25) is 0 Å². The summed E-state index contributed by atoms with van der Waals surface area (Å²) in [6.45, 7) is 1.83. The molecule has 0 saturated carbocycles. The summed E-state index contributed by atoms with van der Waals surface area (Å²) in [6.07, 6.45) is 0.315. The highest BCUT2D eigenvalue weighted by Gasteiger charge is 2.13. The number of hydrogen-bond donors (Lipinski definition) is 1. The first-order valence-electron chi connectivity index (χ1n) is 5.66. The number of nitrogens with zero attached hydrogens (tertiary/aromatic N) is 2. The zero-order valence-corrected chi connectivity index (χ0v) is 10.2. The summed E-state index contributed by atoms with van der Waals surface area (Å²) in [5.41, 5.74) is 0.750. The molecule has 2 aromatic rings. The summed E-state index contributed by atoms with van der Waals surface area (Å²) >= 11 is 0. The van der Waals surface area contributed by atoms with E-state index in [1.54, 1.807) is 19.1 Å². The molecule has 0 unspecified atom stereocenters. The minimum Gasteiger partial charge on any atom is -0.491 e. The maximum absolute atomic E-state index is 11.1. The van der Waals surface area contributed by atoms with E-state index in [4.69, 9.17) is 4.74 Å². The fourth-order valence-electron chi connectivity index (χ4n) is 1.40. The predicted molar refractivity (Wildman–Crippen MR) is 66.8 cm³/mol. The van der Waals surface area contributed by atoms with E-state index in [1.165, 1.54) is 6.20 Å². The Morgan fingerprint density at radius 1 is 1.32 bits per heavy atom. The van der Waals surface area contributed by atoms with Gasteiger partial charge >= 0.3 is 6.16 Å². The molecule has 0 atom stereocenters. The van der Waals surface area contributed by atoms with E-state index in [9.17, 15) is 9.90 Å². The average molecular weight is 260 g/mol. The van der Waals surface area contributed by atoms with Gasteiger partial charge in [0.15, 0.2) is 5.82 Å². The van der Waals surface area contributed by atoms with Crippen LogP contribution in [-0.2, 0) is 4.74 Å². The van der Waals surface area contributed by atoms with Crippen LogP contribution in [0.15, 0.2) is 36.5 Å². The standard InChI is InChI=1S/C13H12N2O4/c1-2-18-13(17)19-10-8-14-11(15-12(10)16)9-6-4-3-5-7-9/h3-8H,2H2,1H3,(H,14,15,16). The second kappa shape index (κ2) is 5.81. The Labute approximate surface area is 109 Å². The number of aromatic hydroxyl groups is 1. The Hall–Kier alpha value is -2.63. The molecule has 0 radical (unpaired) electrons. The molecule has 1 N–H and O–H groups in total. The highest BCUT2D eigenvalue weighted by molar-refractivity contribution is 5.65. The number of aromatic nitrogens is 2. The van der Waals surface area contributed by atoms with Crippen LogP contribution < -0.4 is 4.74 Å². The van der Waals surface area contributed by atoms with E-state index in [2.05, 4.69) is 14.7 Å². The third kappa shape index (κ3) is 3.19. The molecule has 1 heterocycles. The largest absolute Gasteiger partial charge is 0.514 e. The van der Waals surface area contributed by atoms with E-state index < -0.39 is 12.0 Å². The molecule has 0 aliphatic carbocycles. The summed E-state index contributed by atoms with van der Waals surface area (Å²) in [7, 11) is 0. The molecular formula is C13H12N2O4. The SMILES string of the molecule is CCOC(=O)Oc1cnc(-c2ccccc2)nc1O. The minimum absolute atomic E-state index is 0.141. The highest BCUT2D eigenvalue weighted by atomic mass is 16.7. The van der Waals surface area contributed by atoms with Gasteiger partial charge in [0.25, 0.3) is 5.88 Å². The fraction of sp³-hybridized carbons (Fsp3) is 0.154. The molecule has 0 bridgehead atoms. The molecule has 1 aromatic carbocycles. The van der Waals surface area contributed by atoms with E-state index in [0.717, 1.165) is 5.56 Å². The lowest BCUT2D eigenvalue weighted by Gasteiger charge is -2.06. The van der Waals surface area contributed by atoms with Crippen molar-refractivity contribution in [2.75, 3.05) is 6.61 Å². The first-order chi connectivity index (χ1) is 9.20. The summed E-state index contributed by atoms with van der Waals surface area (Å²) in [5.74, 6) is -0.214. The average Bonchev–Trinajstić information content (AvgIpc) is 2.42. The number of ether oxygens (including phenoxy) is 2. The molecule has 0 aliphatic rings. The predicted octanol–water partition coefficient (Wildman–Crippen LogP) is 2.38. The van der Waals surface area contributed by atoms with Crippen molar-refractivity contribution in [2.24, 2.45) is 0 Å². The van der Waals surface area contributed by atoms with Gasteiger partial charge in [-0.3, -0.25) is 0 Å². The van der Waals surface area contributed by atoms with Gasteiger partial charge in [0, 0.05) is 5.56 Å². The summed E-state index contributed by atoms with van der Waals surface area (Å²) < 4.78 is 9.33. The van der Waals surface area contributed by atoms with Crippen molar-refractivity contribution in [2.45, 2.75) is 6.92 Å². The second-order valence-corrected chi connectivity index (χ2v) is 3.53. The molecule has 0 fully saturated rings. The lowest BCUT2D eigenvalue weighted by atomic mass is 10.2. The van der Waals surface area contributed by atoms with Crippen molar-refractivity contribution in [3.8, 4) is 23.0 Å². The van der Waals surface area contributed by atoms with Crippen LogP contribution >= 0.6 is 0 Å². The minimum atomic E-state index is -0.908. The summed E-state index contributed by atoms with van der Waals surface area (Å²) in [5, 5.41) is 9.69. The molecule has 0 amide bonds. The van der Waals surface area contributed by atoms with Gasteiger partial charge in [-0.15, -0.1) is 0 Å². The number of benzene rings is 1. The second-order valence-electron chi connectivity index (χ2n) is 3.53. The first-order valence-corrected chi connectivity index (χ1v) is 5.66. The summed E-state index contributed by atoms with van der Waals surface area (Å²) in [6, 6.07) is 9.14. The Morgan fingerprint density at radius 2 is 2.05 bits per heavy atom. The van der Waals surface area contributed by atoms with Crippen molar-refractivity contribution in [3.63, 3.8) is 0 Å². The van der Waals surface area contributed by atoms with Crippen LogP contribution in [0.25, 0.3) is 11.4 Å². The van der Waals surface area contributed by atoms with E-state index >= 15 is 0 Å². The van der Waals surface area contributed by atoms with Crippen molar-refractivity contribution in [1.82, 2.24) is 9.97 Å². The third-order valence-corrected chi connectivity index (χ3v) is 2.22. The van der Waals surface area contributed by atoms with Gasteiger partial charge in [-0.2, -0.15) is 4.98 Å². The van der Waals surface area contributed by atoms with Gasteiger partial charge in [0.1, 0.15) is 0 Å². The number of carbonyl (C=O) groups excluding carboxylic acids is 1. The fourth-order valence-corrected chi connectivity index (χ4v) is 1.40. The van der Waals surface area contributed by atoms with Crippen molar-refractivity contribution in [3.05, 3.63) is 36.5 Å². The molecule has 2 rings (SSSR count). The van der Waals surface area contributed by atoms with Gasteiger partial charge in [0.2, 0.25) is 5.75 Å². The smallest absolute Gasteiger partial charge is 0.491 e. The Balaban J connectivity index is 2.20. The van der Waals surface area contributed by atoms with Gasteiger partial charge in [0.05, 0.1) is 12.8 Å². The van der Waals surface area contributed by atoms with E-state index in [1.807, 2.05) is 18.2 Å². The van der Waals surface area contributed by atoms with Crippen LogP contribution in [0.3, 0.4) is 0 Å². The normalized spacial score (nSPS) is 9.95. The number of carbonyl (C=O) groups is 1. The van der Waals surface area contributed by atoms with Crippen LogP contribution in [0.4, 0.5) is 4.79 Å². The van der Waals surface area contributed by atoms with E-state index in [-0.39, 0.29) is 12.4 Å². The molecule has 1 aromatic heterocycles. The lowest BCUT2D eigenvalue weighted by Crippen LogP contribution is -2.10. The molecule has 0 spiro atoms. The van der Waals surface area contributed by atoms with Gasteiger partial charge in [-0.25, -0.2) is 9.78 Å². The van der Waals surface area contributed by atoms with Crippen LogP contribution in [0.5, 0.6) is 11.6 Å². The molecule has 98 valence electrons. The Kier molecular flexibility index (Phi) is 3.92. The monoisotopic (exact) mass is 260 g/mol. The zero-order chi connectivity index (χ0) is 13.7. The van der Waals surface area contributed by atoms with Gasteiger partial charge in [-0.1, -0.05) is 30.3 Å². The molecule has 0 saturated heterocycles. The summed E-state index contributed by atoms with van der Waals surface area (Å²) in [4.78, 5) is 19.0. The first kappa shape index (κ1) is 12.8. The molecule has 6 heteroatoms. The maximum Gasteiger partial charge on any atom is 0.514 e. The Morgan fingerprint density at radius 3 is 2.68 bits per heavy atom. The van der Waals surface area contributed by atoms with Crippen molar-refractivity contribution < 1.29 is 19.4 Å². The van der Waals surface area contributed by atoms with Crippen LogP contribution in [0, 0.1) is 0 Å². The molecule has 6 nitrogen and oxygen atoms in total. The molecule has 19 heavy (non-hydrogen) atoms. The van der Waals surface area contributed by atoms with Gasteiger partial charge < -0.3 is 14.6 Å². The topological polar surface area (TPSA) is 81.5 Å². The van der Waals surface area contributed by atoms with Gasteiger partial charge in [-0.05, 0) is 6.92 Å². The third-order valence-electron chi connectivity index (χ3n) is 2.22. The lowest BCUT2D eigenvalue weighted by molar-refractivity contribution is 0.102. The van der Waals surface area contributed by atoms with Crippen molar-refractivity contribution in [1.29, 1.82) is 0 Å². The molecule has 0 aliphatic heterocycles. The van der Waals surface area contributed by atoms with Crippen LogP contribution in [-0.4, -0.2) is 27.8 Å². The van der Waals surface area contributed by atoms with Crippen molar-refractivity contribution >= 4 is 6.16 Å². The van der Waals surface area contributed by atoms with Crippen LogP contribution in [0.1, 0.15) is 6.92 Å². The zero-order valence-electron chi connectivity index (χ0n) is 10.2. The number of hydrogen-bond acceptors (Lipinski definition) is 6. The number of rotatable bonds is 3. The van der Waals surface area contributed by atoms with E-state index in [0.29, 0.717) is 5.82 Å².